The number of aromatic nitrogens is 4. The Morgan fingerprint density at radius 2 is 1.93 bits per heavy atom. The van der Waals surface area contributed by atoms with Gasteiger partial charge in [0.15, 0.2) is 0 Å². The molecule has 0 amide bonds. The van der Waals surface area contributed by atoms with Crippen molar-refractivity contribution in [3.63, 3.8) is 0 Å². The van der Waals surface area contributed by atoms with Crippen LogP contribution in [0.4, 0.5) is 0 Å². The second kappa shape index (κ2) is 2.65. The zero-order valence-electron chi connectivity index (χ0n) is 7.05. The molecule has 0 saturated carbocycles. The van der Waals surface area contributed by atoms with Gasteiger partial charge in [0.25, 0.3) is 0 Å². The summed E-state index contributed by atoms with van der Waals surface area (Å²) >= 11 is 5.74. The predicted molar refractivity (Wildman–Crippen MR) is 54.1 cm³/mol. The van der Waals surface area contributed by atoms with Gasteiger partial charge in [-0.15, -0.1) is 0 Å². The Bertz CT molecular complexity index is 616. The lowest BCUT2D eigenvalue weighted by atomic mass is 10.3. The molecule has 3 aromatic rings. The Hall–Kier alpha value is -1.68. The molecule has 0 aliphatic carbocycles. The van der Waals surface area contributed by atoms with Crippen molar-refractivity contribution in [3.8, 4) is 0 Å². The standard InChI is InChI=1S/C9H5ClN4/c10-14-4-9-8(12-5-14)3-7-6(13-9)1-2-11-7/h1-5H. The molecular formula is C9H5ClN4. The molecule has 0 aromatic carbocycles. The number of halogens is 1. The molecule has 0 aliphatic rings. The highest BCUT2D eigenvalue weighted by molar-refractivity contribution is 6.15. The Kier molecular flexibility index (Phi) is 1.46. The molecular weight excluding hydrogens is 200 g/mol. The average molecular weight is 205 g/mol. The van der Waals surface area contributed by atoms with Crippen LogP contribution in [0, 0.1) is 0 Å². The smallest absolute Gasteiger partial charge is 0.111 e. The van der Waals surface area contributed by atoms with Crippen molar-refractivity contribution in [2.24, 2.45) is 0 Å². The monoisotopic (exact) mass is 204 g/mol. The quantitative estimate of drug-likeness (QED) is 0.563. The van der Waals surface area contributed by atoms with Crippen molar-refractivity contribution >= 4 is 33.8 Å². The lowest BCUT2D eigenvalue weighted by molar-refractivity contribution is 1.12. The van der Waals surface area contributed by atoms with Crippen LogP contribution in [0.25, 0.3) is 22.1 Å². The molecule has 0 N–H and O–H groups in total. The fraction of sp³-hybridized carbons (Fsp3) is 0. The molecule has 0 radical (unpaired) electrons. The van der Waals surface area contributed by atoms with E-state index in [1.807, 2.05) is 12.1 Å². The van der Waals surface area contributed by atoms with Gasteiger partial charge in [-0.25, -0.2) is 14.1 Å². The van der Waals surface area contributed by atoms with Gasteiger partial charge in [0.2, 0.25) is 0 Å². The van der Waals surface area contributed by atoms with Crippen molar-refractivity contribution in [2.45, 2.75) is 0 Å². The van der Waals surface area contributed by atoms with E-state index in [1.54, 1.807) is 12.4 Å². The van der Waals surface area contributed by atoms with E-state index in [4.69, 9.17) is 11.8 Å². The zero-order chi connectivity index (χ0) is 9.54. The highest BCUT2D eigenvalue weighted by Crippen LogP contribution is 2.16. The first-order valence-electron chi connectivity index (χ1n) is 4.08. The summed E-state index contributed by atoms with van der Waals surface area (Å²) in [5.74, 6) is 0. The lowest BCUT2D eigenvalue weighted by Gasteiger charge is -1.98. The second-order valence-corrected chi connectivity index (χ2v) is 3.35. The number of nitrogens with zero attached hydrogens (tertiary/aromatic N) is 4. The van der Waals surface area contributed by atoms with E-state index in [0.29, 0.717) is 0 Å². The van der Waals surface area contributed by atoms with Crippen molar-refractivity contribution in [1.29, 1.82) is 0 Å². The first-order valence-corrected chi connectivity index (χ1v) is 4.42. The summed E-state index contributed by atoms with van der Waals surface area (Å²) in [5, 5.41) is 0. The van der Waals surface area contributed by atoms with Crippen LogP contribution in [-0.2, 0) is 0 Å². The number of rotatable bonds is 0. The van der Waals surface area contributed by atoms with Gasteiger partial charge in [-0.2, -0.15) is 0 Å². The van der Waals surface area contributed by atoms with E-state index in [2.05, 4.69) is 15.0 Å². The molecule has 4 nitrogen and oxygen atoms in total. The maximum atomic E-state index is 5.74. The minimum Gasteiger partial charge on any atom is -0.254 e. The van der Waals surface area contributed by atoms with Crippen LogP contribution in [0.5, 0.6) is 0 Å². The first kappa shape index (κ1) is 7.70. The van der Waals surface area contributed by atoms with Crippen LogP contribution in [0.2, 0.25) is 0 Å². The maximum absolute atomic E-state index is 5.74. The number of hydrogen-bond acceptors (Lipinski definition) is 3. The van der Waals surface area contributed by atoms with Crippen LogP contribution < -0.4 is 0 Å². The Morgan fingerprint density at radius 3 is 2.86 bits per heavy atom. The van der Waals surface area contributed by atoms with Gasteiger partial charge in [0.1, 0.15) is 11.8 Å². The number of pyridine rings is 1. The number of fused-ring (bicyclic) bond motifs is 2. The molecule has 14 heavy (non-hydrogen) atoms. The first-order chi connectivity index (χ1) is 6.83. The van der Waals surface area contributed by atoms with Gasteiger partial charge in [0.05, 0.1) is 22.7 Å². The van der Waals surface area contributed by atoms with Crippen LogP contribution in [0.1, 0.15) is 0 Å². The molecule has 0 unspecified atom stereocenters. The third kappa shape index (κ3) is 1.04. The van der Waals surface area contributed by atoms with E-state index >= 15 is 0 Å². The van der Waals surface area contributed by atoms with Crippen molar-refractivity contribution in [3.05, 3.63) is 30.9 Å². The highest BCUT2D eigenvalue weighted by atomic mass is 35.5. The predicted octanol–water partition coefficient (Wildman–Crippen LogP) is 1.98. The molecule has 0 bridgehead atoms. The summed E-state index contributed by atoms with van der Waals surface area (Å²) in [6.45, 7) is 0. The SMILES string of the molecule is Cln1cnc2cc3nccc3nc2c1. The van der Waals surface area contributed by atoms with Gasteiger partial charge >= 0.3 is 0 Å². The summed E-state index contributed by atoms with van der Waals surface area (Å²) in [6, 6.07) is 3.76. The third-order valence-electron chi connectivity index (χ3n) is 2.04. The van der Waals surface area contributed by atoms with Gasteiger partial charge in [-0.3, -0.25) is 4.98 Å². The van der Waals surface area contributed by atoms with Crippen molar-refractivity contribution < 1.29 is 0 Å². The van der Waals surface area contributed by atoms with E-state index in [0.717, 1.165) is 22.1 Å². The zero-order valence-corrected chi connectivity index (χ0v) is 7.81. The fourth-order valence-electron chi connectivity index (χ4n) is 1.40. The Labute approximate surface area is 84.3 Å². The molecule has 0 atom stereocenters. The van der Waals surface area contributed by atoms with E-state index < -0.39 is 0 Å². The van der Waals surface area contributed by atoms with Gasteiger partial charge < -0.3 is 0 Å². The van der Waals surface area contributed by atoms with Gasteiger partial charge in [0, 0.05) is 18.0 Å². The summed E-state index contributed by atoms with van der Waals surface area (Å²) in [7, 11) is 0. The molecule has 3 rings (SSSR count). The van der Waals surface area contributed by atoms with Crippen molar-refractivity contribution in [1.82, 2.24) is 19.0 Å². The summed E-state index contributed by atoms with van der Waals surface area (Å²) in [6.07, 6.45) is 4.97. The summed E-state index contributed by atoms with van der Waals surface area (Å²) in [4.78, 5) is 12.7. The molecule has 0 saturated heterocycles. The number of hydrogen-bond donors (Lipinski definition) is 0. The maximum Gasteiger partial charge on any atom is 0.111 e. The fourth-order valence-corrected chi connectivity index (χ4v) is 1.54. The van der Waals surface area contributed by atoms with Gasteiger partial charge in [-0.05, 0) is 12.1 Å². The molecule has 3 aromatic heterocycles. The third-order valence-corrected chi connectivity index (χ3v) is 2.22. The molecule has 0 spiro atoms. The van der Waals surface area contributed by atoms with Crippen LogP contribution in [0.15, 0.2) is 30.9 Å². The lowest BCUT2D eigenvalue weighted by Crippen LogP contribution is -1.89. The van der Waals surface area contributed by atoms with E-state index in [9.17, 15) is 0 Å². The molecule has 0 aliphatic heterocycles. The van der Waals surface area contributed by atoms with Gasteiger partial charge in [-0.1, -0.05) is 0 Å². The largest absolute Gasteiger partial charge is 0.254 e. The highest BCUT2D eigenvalue weighted by Gasteiger charge is 2.01. The van der Waals surface area contributed by atoms with Crippen LogP contribution in [-0.4, -0.2) is 19.0 Å². The molecule has 68 valence electrons. The molecule has 5 heteroatoms. The van der Waals surface area contributed by atoms with Crippen LogP contribution >= 0.6 is 11.8 Å². The summed E-state index contributed by atoms with van der Waals surface area (Å²) < 4.78 is 1.36. The molecule has 3 heterocycles. The van der Waals surface area contributed by atoms with E-state index in [1.165, 1.54) is 10.4 Å². The average Bonchev–Trinajstić information content (AvgIpc) is 2.61. The van der Waals surface area contributed by atoms with Crippen LogP contribution in [0.3, 0.4) is 0 Å². The minimum atomic E-state index is 0.767. The minimum absolute atomic E-state index is 0.767. The normalized spacial score (nSPS) is 11.2. The molecule has 0 fully saturated rings. The Balaban J connectivity index is 2.50. The van der Waals surface area contributed by atoms with Crippen molar-refractivity contribution in [2.75, 3.05) is 0 Å². The topological polar surface area (TPSA) is 43.6 Å². The Morgan fingerprint density at radius 1 is 1.07 bits per heavy atom. The summed E-state index contributed by atoms with van der Waals surface area (Å²) in [5.41, 5.74) is 3.29. The van der Waals surface area contributed by atoms with E-state index in [-0.39, 0.29) is 0 Å². The second-order valence-electron chi connectivity index (χ2n) is 2.96.